The molecule has 0 bridgehead atoms. The van der Waals surface area contributed by atoms with E-state index in [1.807, 2.05) is 24.3 Å². The zero-order valence-corrected chi connectivity index (χ0v) is 12.5. The molecular formula is C18H15N3O2. The summed E-state index contributed by atoms with van der Waals surface area (Å²) >= 11 is 0. The maximum atomic E-state index is 12.8. The number of nitriles is 1. The predicted octanol–water partition coefficient (Wildman–Crippen LogP) is 1.80. The Labute approximate surface area is 134 Å². The number of hydrogen-bond donors (Lipinski definition) is 1. The Morgan fingerprint density at radius 2 is 1.78 bits per heavy atom. The minimum Gasteiger partial charge on any atom is -0.353 e. The third kappa shape index (κ3) is 2.92. The van der Waals surface area contributed by atoms with Crippen molar-refractivity contribution < 1.29 is 9.59 Å². The molecule has 0 unspecified atom stereocenters. The maximum absolute atomic E-state index is 12.8. The van der Waals surface area contributed by atoms with E-state index in [1.54, 1.807) is 24.3 Å². The van der Waals surface area contributed by atoms with Gasteiger partial charge >= 0.3 is 0 Å². The van der Waals surface area contributed by atoms with E-state index in [-0.39, 0.29) is 18.4 Å². The van der Waals surface area contributed by atoms with Crippen LogP contribution in [0.3, 0.4) is 0 Å². The molecule has 2 aromatic carbocycles. The minimum atomic E-state index is -0.191. The summed E-state index contributed by atoms with van der Waals surface area (Å²) in [5.74, 6) is -0.345. The van der Waals surface area contributed by atoms with Gasteiger partial charge in [0, 0.05) is 24.2 Å². The van der Waals surface area contributed by atoms with Crippen LogP contribution in [0.2, 0.25) is 0 Å². The standard InChI is InChI=1S/C18H15N3O2/c19-11-13-5-1-2-6-14(13)15-7-3-4-8-16(15)18(23)21-10-9-20-17(22)12-21/h1-8H,9-10,12H2,(H,20,22). The van der Waals surface area contributed by atoms with Crippen LogP contribution < -0.4 is 5.32 Å². The smallest absolute Gasteiger partial charge is 0.255 e. The fraction of sp³-hybridized carbons (Fsp3) is 0.167. The molecule has 0 radical (unpaired) electrons. The van der Waals surface area contributed by atoms with Gasteiger partial charge in [0.1, 0.15) is 0 Å². The third-order valence-corrected chi connectivity index (χ3v) is 3.82. The molecule has 0 aromatic heterocycles. The highest BCUT2D eigenvalue weighted by molar-refractivity contribution is 6.03. The monoisotopic (exact) mass is 305 g/mol. The normalized spacial score (nSPS) is 14.0. The van der Waals surface area contributed by atoms with Crippen molar-refractivity contribution in [1.82, 2.24) is 10.2 Å². The van der Waals surface area contributed by atoms with Crippen molar-refractivity contribution in [2.45, 2.75) is 0 Å². The number of piperazine rings is 1. The number of carbonyl (C=O) groups excluding carboxylic acids is 2. The molecule has 3 rings (SSSR count). The lowest BCUT2D eigenvalue weighted by Gasteiger charge is -2.27. The molecule has 1 fully saturated rings. The molecule has 1 N–H and O–H groups in total. The molecule has 0 saturated carbocycles. The molecule has 114 valence electrons. The number of nitrogens with zero attached hydrogens (tertiary/aromatic N) is 2. The fourth-order valence-electron chi connectivity index (χ4n) is 2.70. The van der Waals surface area contributed by atoms with Crippen molar-refractivity contribution in [3.05, 3.63) is 59.7 Å². The van der Waals surface area contributed by atoms with E-state index in [0.29, 0.717) is 29.8 Å². The predicted molar refractivity (Wildman–Crippen MR) is 85.5 cm³/mol. The Morgan fingerprint density at radius 3 is 2.52 bits per heavy atom. The molecule has 5 nitrogen and oxygen atoms in total. The van der Waals surface area contributed by atoms with Gasteiger partial charge in [-0.3, -0.25) is 9.59 Å². The average molecular weight is 305 g/mol. The number of hydrogen-bond acceptors (Lipinski definition) is 3. The van der Waals surface area contributed by atoms with E-state index in [4.69, 9.17) is 0 Å². The van der Waals surface area contributed by atoms with Gasteiger partial charge in [-0.2, -0.15) is 5.26 Å². The van der Waals surface area contributed by atoms with E-state index < -0.39 is 0 Å². The van der Waals surface area contributed by atoms with Gasteiger partial charge < -0.3 is 10.2 Å². The van der Waals surface area contributed by atoms with Gasteiger partial charge in [0.05, 0.1) is 18.2 Å². The second-order valence-corrected chi connectivity index (χ2v) is 5.28. The molecule has 0 spiro atoms. The first-order valence-electron chi connectivity index (χ1n) is 7.35. The summed E-state index contributed by atoms with van der Waals surface area (Å²) in [6, 6.07) is 16.5. The summed E-state index contributed by atoms with van der Waals surface area (Å²) in [5, 5.41) is 12.0. The summed E-state index contributed by atoms with van der Waals surface area (Å²) in [4.78, 5) is 25.9. The lowest BCUT2D eigenvalue weighted by molar-refractivity contribution is -0.123. The molecule has 1 saturated heterocycles. The maximum Gasteiger partial charge on any atom is 0.255 e. The largest absolute Gasteiger partial charge is 0.353 e. The molecule has 5 heteroatoms. The van der Waals surface area contributed by atoms with Crippen LogP contribution in [0.1, 0.15) is 15.9 Å². The lowest BCUT2D eigenvalue weighted by Crippen LogP contribution is -2.50. The van der Waals surface area contributed by atoms with Gasteiger partial charge in [-0.05, 0) is 17.7 Å². The molecule has 2 aromatic rings. The summed E-state index contributed by atoms with van der Waals surface area (Å²) in [6.45, 7) is 1.01. The Balaban J connectivity index is 2.03. The van der Waals surface area contributed by atoms with Crippen LogP contribution in [0.5, 0.6) is 0 Å². The van der Waals surface area contributed by atoms with Crippen molar-refractivity contribution in [1.29, 1.82) is 5.26 Å². The number of nitrogens with one attached hydrogen (secondary N) is 1. The van der Waals surface area contributed by atoms with Crippen LogP contribution in [0.15, 0.2) is 48.5 Å². The second-order valence-electron chi connectivity index (χ2n) is 5.28. The SMILES string of the molecule is N#Cc1ccccc1-c1ccccc1C(=O)N1CCNC(=O)C1. The Morgan fingerprint density at radius 1 is 1.09 bits per heavy atom. The number of rotatable bonds is 2. The third-order valence-electron chi connectivity index (χ3n) is 3.82. The number of carbonyl (C=O) groups is 2. The molecule has 2 amide bonds. The molecule has 23 heavy (non-hydrogen) atoms. The molecule has 1 aliphatic heterocycles. The van der Waals surface area contributed by atoms with E-state index in [2.05, 4.69) is 11.4 Å². The summed E-state index contributed by atoms with van der Waals surface area (Å²) in [6.07, 6.45) is 0. The van der Waals surface area contributed by atoms with Gasteiger partial charge in [-0.25, -0.2) is 0 Å². The lowest BCUT2D eigenvalue weighted by atomic mass is 9.95. The van der Waals surface area contributed by atoms with Gasteiger partial charge in [-0.1, -0.05) is 36.4 Å². The topological polar surface area (TPSA) is 73.2 Å². The highest BCUT2D eigenvalue weighted by Gasteiger charge is 2.24. The zero-order valence-electron chi connectivity index (χ0n) is 12.5. The summed E-state index contributed by atoms with van der Waals surface area (Å²) < 4.78 is 0. The van der Waals surface area contributed by atoms with Crippen LogP contribution >= 0.6 is 0 Å². The Kier molecular flexibility index (Phi) is 4.07. The molecular weight excluding hydrogens is 290 g/mol. The van der Waals surface area contributed by atoms with Gasteiger partial charge in [0.25, 0.3) is 5.91 Å². The van der Waals surface area contributed by atoms with Crippen LogP contribution in [0.25, 0.3) is 11.1 Å². The Hall–Kier alpha value is -3.13. The molecule has 0 atom stereocenters. The molecule has 1 heterocycles. The summed E-state index contributed by atoms with van der Waals surface area (Å²) in [5.41, 5.74) is 2.45. The summed E-state index contributed by atoms with van der Waals surface area (Å²) in [7, 11) is 0. The van der Waals surface area contributed by atoms with E-state index >= 15 is 0 Å². The van der Waals surface area contributed by atoms with E-state index in [1.165, 1.54) is 4.90 Å². The van der Waals surface area contributed by atoms with E-state index in [9.17, 15) is 14.9 Å². The van der Waals surface area contributed by atoms with Crippen LogP contribution in [0, 0.1) is 11.3 Å². The van der Waals surface area contributed by atoms with Crippen molar-refractivity contribution in [3.8, 4) is 17.2 Å². The molecule has 1 aliphatic rings. The Bertz CT molecular complexity index is 808. The first-order valence-corrected chi connectivity index (χ1v) is 7.35. The number of amides is 2. The quantitative estimate of drug-likeness (QED) is 0.919. The molecule has 0 aliphatic carbocycles. The van der Waals surface area contributed by atoms with Crippen molar-refractivity contribution >= 4 is 11.8 Å². The van der Waals surface area contributed by atoms with Gasteiger partial charge in [0.15, 0.2) is 0 Å². The minimum absolute atomic E-state index is 0.0626. The second kappa shape index (κ2) is 6.32. The van der Waals surface area contributed by atoms with Crippen LogP contribution in [-0.4, -0.2) is 36.3 Å². The fourth-order valence-corrected chi connectivity index (χ4v) is 2.70. The first-order chi connectivity index (χ1) is 11.2. The zero-order chi connectivity index (χ0) is 16.2. The first kappa shape index (κ1) is 14.8. The van der Waals surface area contributed by atoms with Crippen molar-refractivity contribution in [2.24, 2.45) is 0 Å². The van der Waals surface area contributed by atoms with Gasteiger partial charge in [-0.15, -0.1) is 0 Å². The average Bonchev–Trinajstić information content (AvgIpc) is 2.61. The highest BCUT2D eigenvalue weighted by Crippen LogP contribution is 2.27. The van der Waals surface area contributed by atoms with E-state index in [0.717, 1.165) is 5.56 Å². The van der Waals surface area contributed by atoms with Crippen molar-refractivity contribution in [3.63, 3.8) is 0 Å². The number of benzene rings is 2. The van der Waals surface area contributed by atoms with Crippen molar-refractivity contribution in [2.75, 3.05) is 19.6 Å². The van der Waals surface area contributed by atoms with Crippen LogP contribution in [0.4, 0.5) is 0 Å². The highest BCUT2D eigenvalue weighted by atomic mass is 16.2. The van der Waals surface area contributed by atoms with Crippen LogP contribution in [-0.2, 0) is 4.79 Å². The van der Waals surface area contributed by atoms with Gasteiger partial charge in [0.2, 0.25) is 5.91 Å².